The fraction of sp³-hybridized carbons (Fsp3) is 0. The molecule has 0 saturated carbocycles. The van der Waals surface area contributed by atoms with Crippen LogP contribution in [0.15, 0.2) is 28.2 Å². The highest BCUT2D eigenvalue weighted by atomic mass is 16.2. The maximum absolute atomic E-state index is 10.7. The molecule has 0 spiro atoms. The molecule has 1 aromatic rings. The SMILES string of the molecule is N#Cc1ccc2c(c1)=NC(=O)N=2. The highest BCUT2D eigenvalue weighted by Crippen LogP contribution is 1.90. The summed E-state index contributed by atoms with van der Waals surface area (Å²) in [6.45, 7) is 0. The summed E-state index contributed by atoms with van der Waals surface area (Å²) in [4.78, 5) is 17.9. The van der Waals surface area contributed by atoms with Crippen LogP contribution in [-0.4, -0.2) is 6.03 Å². The average Bonchev–Trinajstić information content (AvgIpc) is 2.43. The maximum atomic E-state index is 10.7. The number of hydrogen-bond donors (Lipinski definition) is 0. The minimum absolute atomic E-state index is 0.485. The van der Waals surface area contributed by atoms with Crippen molar-refractivity contribution >= 4 is 6.03 Å². The lowest BCUT2D eigenvalue weighted by Crippen LogP contribution is -2.21. The third-order valence-corrected chi connectivity index (χ3v) is 1.54. The van der Waals surface area contributed by atoms with Gasteiger partial charge in [-0.3, -0.25) is 0 Å². The van der Waals surface area contributed by atoms with Crippen LogP contribution in [0.4, 0.5) is 4.79 Å². The summed E-state index contributed by atoms with van der Waals surface area (Å²) < 4.78 is 0. The fourth-order valence-electron chi connectivity index (χ4n) is 1.01. The number of carbonyl (C=O) groups is 1. The van der Waals surface area contributed by atoms with Crippen LogP contribution in [0.2, 0.25) is 0 Å². The largest absolute Gasteiger partial charge is 0.368 e. The molecule has 4 nitrogen and oxygen atoms in total. The van der Waals surface area contributed by atoms with Crippen LogP contribution in [0.5, 0.6) is 0 Å². The summed E-state index contributed by atoms with van der Waals surface area (Å²) in [5, 5.41) is 9.55. The zero-order valence-electron chi connectivity index (χ0n) is 5.98. The minimum Gasteiger partial charge on any atom is -0.244 e. The van der Waals surface area contributed by atoms with E-state index in [1.165, 1.54) is 0 Å². The molecule has 0 radical (unpaired) electrons. The summed E-state index contributed by atoms with van der Waals surface area (Å²) in [6.07, 6.45) is 0. The van der Waals surface area contributed by atoms with Crippen molar-refractivity contribution in [2.75, 3.05) is 0 Å². The van der Waals surface area contributed by atoms with E-state index in [0.29, 0.717) is 16.3 Å². The highest BCUT2D eigenvalue weighted by Gasteiger charge is 2.04. The topological polar surface area (TPSA) is 65.6 Å². The molecule has 1 aromatic carbocycles. The molecule has 1 heterocycles. The van der Waals surface area contributed by atoms with Gasteiger partial charge in [0.25, 0.3) is 0 Å². The van der Waals surface area contributed by atoms with Crippen LogP contribution in [0.25, 0.3) is 0 Å². The van der Waals surface area contributed by atoms with Gasteiger partial charge in [-0.2, -0.15) is 15.2 Å². The summed E-state index contributed by atoms with van der Waals surface area (Å²) >= 11 is 0. The summed E-state index contributed by atoms with van der Waals surface area (Å²) in [5.41, 5.74) is 0.488. The zero-order valence-corrected chi connectivity index (χ0v) is 5.98. The molecule has 0 unspecified atom stereocenters. The minimum atomic E-state index is -0.500. The molecule has 1 aliphatic rings. The Balaban J connectivity index is 2.83. The van der Waals surface area contributed by atoms with Crippen molar-refractivity contribution in [2.45, 2.75) is 0 Å². The van der Waals surface area contributed by atoms with Crippen LogP contribution >= 0.6 is 0 Å². The van der Waals surface area contributed by atoms with Crippen molar-refractivity contribution in [3.05, 3.63) is 34.5 Å². The number of benzene rings is 1. The van der Waals surface area contributed by atoms with Crippen molar-refractivity contribution in [3.8, 4) is 6.07 Å². The zero-order chi connectivity index (χ0) is 8.55. The van der Waals surface area contributed by atoms with Gasteiger partial charge in [0.15, 0.2) is 0 Å². The van der Waals surface area contributed by atoms with E-state index in [2.05, 4.69) is 9.98 Å². The Kier molecular flexibility index (Phi) is 1.25. The van der Waals surface area contributed by atoms with E-state index in [0.717, 1.165) is 0 Å². The number of carbonyl (C=O) groups excluding carboxylic acids is 1. The van der Waals surface area contributed by atoms with Crippen molar-refractivity contribution in [2.24, 2.45) is 9.98 Å². The molecule has 0 saturated heterocycles. The third kappa shape index (κ3) is 0.883. The Labute approximate surface area is 67.5 Å². The van der Waals surface area contributed by atoms with E-state index in [-0.39, 0.29) is 0 Å². The van der Waals surface area contributed by atoms with Crippen LogP contribution in [-0.2, 0) is 0 Å². The van der Waals surface area contributed by atoms with Crippen molar-refractivity contribution in [3.63, 3.8) is 0 Å². The maximum Gasteiger partial charge on any atom is 0.368 e. The van der Waals surface area contributed by atoms with E-state index in [4.69, 9.17) is 5.26 Å². The van der Waals surface area contributed by atoms with Gasteiger partial charge in [0.05, 0.1) is 22.3 Å². The first-order valence-electron chi connectivity index (χ1n) is 3.31. The van der Waals surface area contributed by atoms with Gasteiger partial charge in [-0.15, -0.1) is 0 Å². The van der Waals surface area contributed by atoms with Gasteiger partial charge in [0.2, 0.25) is 0 Å². The van der Waals surface area contributed by atoms with Crippen LogP contribution < -0.4 is 10.7 Å². The molecular weight excluding hydrogens is 154 g/mol. The number of nitriles is 1. The first-order chi connectivity index (χ1) is 5.79. The van der Waals surface area contributed by atoms with E-state index in [1.807, 2.05) is 6.07 Å². The molecule has 2 rings (SSSR count). The van der Waals surface area contributed by atoms with Crippen LogP contribution in [0, 0.1) is 11.3 Å². The van der Waals surface area contributed by atoms with Crippen molar-refractivity contribution in [1.82, 2.24) is 0 Å². The lowest BCUT2D eigenvalue weighted by Gasteiger charge is -1.82. The second-order valence-corrected chi connectivity index (χ2v) is 2.32. The van der Waals surface area contributed by atoms with E-state index in [1.54, 1.807) is 18.2 Å². The Morgan fingerprint density at radius 1 is 1.25 bits per heavy atom. The molecule has 2 amide bonds. The molecule has 0 aliphatic carbocycles. The Morgan fingerprint density at radius 2 is 2.00 bits per heavy atom. The van der Waals surface area contributed by atoms with Gasteiger partial charge in [-0.05, 0) is 18.2 Å². The molecule has 0 N–H and O–H groups in total. The number of urea groups is 1. The number of nitrogens with zero attached hydrogens (tertiary/aromatic N) is 3. The third-order valence-electron chi connectivity index (χ3n) is 1.54. The second-order valence-electron chi connectivity index (χ2n) is 2.32. The van der Waals surface area contributed by atoms with Crippen molar-refractivity contribution in [1.29, 1.82) is 5.26 Å². The Bertz CT molecular complexity index is 510. The molecule has 0 bridgehead atoms. The van der Waals surface area contributed by atoms with E-state index < -0.39 is 6.03 Å². The molecule has 0 fully saturated rings. The number of amides is 2. The van der Waals surface area contributed by atoms with Crippen molar-refractivity contribution < 1.29 is 4.79 Å². The molecule has 1 aliphatic heterocycles. The molecular formula is C8H3N3O. The number of hydrogen-bond acceptors (Lipinski definition) is 2. The highest BCUT2D eigenvalue weighted by molar-refractivity contribution is 5.77. The molecule has 4 heteroatoms. The molecule has 56 valence electrons. The quantitative estimate of drug-likeness (QED) is 0.529. The van der Waals surface area contributed by atoms with E-state index >= 15 is 0 Å². The lowest BCUT2D eigenvalue weighted by molar-refractivity contribution is 0.256. The molecule has 12 heavy (non-hydrogen) atoms. The standard InChI is InChI=1S/C8H3N3O/c9-4-5-1-2-6-7(3-5)11-8(12)10-6/h1-3H. The molecule has 0 atom stereocenters. The first kappa shape index (κ1) is 6.68. The lowest BCUT2D eigenvalue weighted by atomic mass is 10.2. The number of rotatable bonds is 0. The average molecular weight is 157 g/mol. The van der Waals surface area contributed by atoms with Gasteiger partial charge < -0.3 is 0 Å². The van der Waals surface area contributed by atoms with Gasteiger partial charge in [0.1, 0.15) is 0 Å². The number of fused-ring (bicyclic) bond motifs is 1. The summed E-state index contributed by atoms with van der Waals surface area (Å²) in [5.74, 6) is 0. The second kappa shape index (κ2) is 2.24. The van der Waals surface area contributed by atoms with Gasteiger partial charge in [0, 0.05) is 0 Å². The summed E-state index contributed by atoms with van der Waals surface area (Å²) in [6, 6.07) is 6.22. The van der Waals surface area contributed by atoms with Crippen LogP contribution in [0.3, 0.4) is 0 Å². The van der Waals surface area contributed by atoms with E-state index in [9.17, 15) is 4.79 Å². The monoisotopic (exact) mass is 157 g/mol. The smallest absolute Gasteiger partial charge is 0.244 e. The predicted molar refractivity (Wildman–Crippen MR) is 38.9 cm³/mol. The fourth-order valence-corrected chi connectivity index (χ4v) is 1.01. The summed E-state index contributed by atoms with van der Waals surface area (Å²) in [7, 11) is 0. The Morgan fingerprint density at radius 3 is 2.75 bits per heavy atom. The van der Waals surface area contributed by atoms with Gasteiger partial charge in [-0.1, -0.05) is 0 Å². The normalized spacial score (nSPS) is 12.8. The Hall–Kier alpha value is -2.02. The van der Waals surface area contributed by atoms with Gasteiger partial charge >= 0.3 is 6.03 Å². The molecule has 0 aromatic heterocycles. The van der Waals surface area contributed by atoms with Gasteiger partial charge in [-0.25, -0.2) is 4.79 Å². The van der Waals surface area contributed by atoms with Crippen LogP contribution in [0.1, 0.15) is 5.56 Å². The predicted octanol–water partition coefficient (Wildman–Crippen LogP) is -0.0689. The first-order valence-corrected chi connectivity index (χ1v) is 3.31.